The van der Waals surface area contributed by atoms with Crippen molar-refractivity contribution in [1.29, 1.82) is 0 Å². The Morgan fingerprint density at radius 2 is 2.25 bits per heavy atom. The van der Waals surface area contributed by atoms with Crippen LogP contribution < -0.4 is 10.9 Å². The first kappa shape index (κ1) is 12.9. The van der Waals surface area contributed by atoms with Crippen molar-refractivity contribution in [2.75, 3.05) is 7.05 Å². The summed E-state index contributed by atoms with van der Waals surface area (Å²) < 4.78 is 1.54. The molecule has 1 atom stereocenters. The van der Waals surface area contributed by atoms with E-state index in [2.05, 4.69) is 17.3 Å². The van der Waals surface area contributed by atoms with E-state index >= 15 is 0 Å². The molecule has 0 bridgehead atoms. The number of hydrogen-bond donors (Lipinski definition) is 1. The lowest BCUT2D eigenvalue weighted by Crippen LogP contribution is -2.23. The summed E-state index contributed by atoms with van der Waals surface area (Å²) in [6.07, 6.45) is 4.99. The predicted octanol–water partition coefficient (Wildman–Crippen LogP) is 1.33. The molecule has 1 aromatic heterocycles. The third-order valence-electron chi connectivity index (χ3n) is 2.76. The van der Waals surface area contributed by atoms with E-state index in [0.29, 0.717) is 6.04 Å². The number of aryl methyl sites for hydroxylation is 2. The van der Waals surface area contributed by atoms with Crippen LogP contribution in [0.2, 0.25) is 0 Å². The summed E-state index contributed by atoms with van der Waals surface area (Å²) in [5.74, 6) is 0. The second kappa shape index (κ2) is 6.43. The first-order chi connectivity index (χ1) is 7.63. The molecule has 0 fully saturated rings. The maximum Gasteiger partial charge on any atom is 0.266 e. The molecule has 0 saturated carbocycles. The topological polar surface area (TPSA) is 46.9 Å². The lowest BCUT2D eigenvalue weighted by atomic mass is 10.1. The third kappa shape index (κ3) is 4.14. The molecule has 1 heterocycles. The molecule has 4 nitrogen and oxygen atoms in total. The number of unbranched alkanes of at least 4 members (excludes halogenated alkanes) is 1. The Bertz CT molecular complexity index is 373. The highest BCUT2D eigenvalue weighted by Gasteiger charge is 2.00. The summed E-state index contributed by atoms with van der Waals surface area (Å²) >= 11 is 0. The van der Waals surface area contributed by atoms with Gasteiger partial charge in [0, 0.05) is 18.7 Å². The van der Waals surface area contributed by atoms with Crippen LogP contribution >= 0.6 is 0 Å². The molecule has 0 aliphatic carbocycles. The molecule has 0 aromatic carbocycles. The van der Waals surface area contributed by atoms with E-state index in [-0.39, 0.29) is 5.56 Å². The van der Waals surface area contributed by atoms with Crippen molar-refractivity contribution >= 4 is 0 Å². The van der Waals surface area contributed by atoms with Gasteiger partial charge in [0.1, 0.15) is 0 Å². The quantitative estimate of drug-likeness (QED) is 0.740. The summed E-state index contributed by atoms with van der Waals surface area (Å²) in [5, 5.41) is 7.30. The van der Waals surface area contributed by atoms with Crippen molar-refractivity contribution in [1.82, 2.24) is 15.1 Å². The Morgan fingerprint density at radius 1 is 1.50 bits per heavy atom. The largest absolute Gasteiger partial charge is 0.317 e. The van der Waals surface area contributed by atoms with E-state index in [1.807, 2.05) is 14.0 Å². The van der Waals surface area contributed by atoms with Gasteiger partial charge in [0.15, 0.2) is 0 Å². The number of nitrogens with zero attached hydrogens (tertiary/aromatic N) is 2. The zero-order valence-corrected chi connectivity index (χ0v) is 10.4. The van der Waals surface area contributed by atoms with E-state index in [1.165, 1.54) is 4.68 Å². The minimum atomic E-state index is 0.00154. The summed E-state index contributed by atoms with van der Waals surface area (Å²) in [7, 11) is 1.97. The molecular weight excluding hydrogens is 202 g/mol. The summed E-state index contributed by atoms with van der Waals surface area (Å²) in [5.41, 5.74) is 0.923. The van der Waals surface area contributed by atoms with Gasteiger partial charge in [0.2, 0.25) is 0 Å². The highest BCUT2D eigenvalue weighted by Crippen LogP contribution is 2.00. The van der Waals surface area contributed by atoms with E-state index in [1.54, 1.807) is 12.3 Å². The van der Waals surface area contributed by atoms with E-state index in [0.717, 1.165) is 31.4 Å². The molecule has 1 N–H and O–H groups in total. The minimum absolute atomic E-state index is 0.00154. The summed E-state index contributed by atoms with van der Waals surface area (Å²) in [4.78, 5) is 11.5. The van der Waals surface area contributed by atoms with Gasteiger partial charge in [-0.2, -0.15) is 5.10 Å². The smallest absolute Gasteiger partial charge is 0.266 e. The maximum absolute atomic E-state index is 11.5. The molecule has 0 spiro atoms. The molecule has 90 valence electrons. The Kier molecular flexibility index (Phi) is 5.19. The number of aromatic nitrogens is 2. The molecule has 1 unspecified atom stereocenters. The second-order valence-corrected chi connectivity index (χ2v) is 4.28. The lowest BCUT2D eigenvalue weighted by molar-refractivity contribution is 0.479. The lowest BCUT2D eigenvalue weighted by Gasteiger charge is -2.09. The van der Waals surface area contributed by atoms with Crippen molar-refractivity contribution in [2.45, 2.75) is 45.7 Å². The molecule has 1 aromatic rings. The molecule has 16 heavy (non-hydrogen) atoms. The van der Waals surface area contributed by atoms with E-state index in [4.69, 9.17) is 0 Å². The van der Waals surface area contributed by atoms with Gasteiger partial charge < -0.3 is 5.32 Å². The molecule has 1 rings (SSSR count). The fraction of sp³-hybridized carbons (Fsp3) is 0.667. The molecule has 0 aliphatic rings. The van der Waals surface area contributed by atoms with Crippen LogP contribution in [0.3, 0.4) is 0 Å². The monoisotopic (exact) mass is 223 g/mol. The van der Waals surface area contributed by atoms with Gasteiger partial charge in [-0.25, -0.2) is 4.68 Å². The van der Waals surface area contributed by atoms with Crippen LogP contribution in [-0.2, 0) is 6.54 Å². The van der Waals surface area contributed by atoms with Crippen LogP contribution in [0, 0.1) is 6.92 Å². The van der Waals surface area contributed by atoms with Crippen molar-refractivity contribution in [3.63, 3.8) is 0 Å². The first-order valence-corrected chi connectivity index (χ1v) is 5.84. The Hall–Kier alpha value is -1.16. The van der Waals surface area contributed by atoms with Crippen molar-refractivity contribution in [2.24, 2.45) is 0 Å². The molecule has 0 saturated heterocycles. The zero-order chi connectivity index (χ0) is 12.0. The molecule has 0 amide bonds. The summed E-state index contributed by atoms with van der Waals surface area (Å²) in [6.45, 7) is 4.76. The van der Waals surface area contributed by atoms with Gasteiger partial charge in [0.05, 0.1) is 6.20 Å². The third-order valence-corrected chi connectivity index (χ3v) is 2.76. The highest BCUT2D eigenvalue weighted by molar-refractivity contribution is 5.02. The van der Waals surface area contributed by atoms with Crippen LogP contribution in [0.4, 0.5) is 0 Å². The van der Waals surface area contributed by atoms with E-state index in [9.17, 15) is 4.79 Å². The van der Waals surface area contributed by atoms with Gasteiger partial charge >= 0.3 is 0 Å². The van der Waals surface area contributed by atoms with E-state index < -0.39 is 0 Å². The second-order valence-electron chi connectivity index (χ2n) is 4.28. The zero-order valence-electron chi connectivity index (χ0n) is 10.4. The van der Waals surface area contributed by atoms with Crippen molar-refractivity contribution < 1.29 is 0 Å². The summed E-state index contributed by atoms with van der Waals surface area (Å²) in [6, 6.07) is 2.17. The average Bonchev–Trinajstić information content (AvgIpc) is 2.26. The Balaban J connectivity index is 2.35. The van der Waals surface area contributed by atoms with Crippen molar-refractivity contribution in [3.05, 3.63) is 28.2 Å². The van der Waals surface area contributed by atoms with Gasteiger partial charge in [-0.1, -0.05) is 6.42 Å². The Labute approximate surface area is 96.7 Å². The van der Waals surface area contributed by atoms with Gasteiger partial charge in [0.25, 0.3) is 5.56 Å². The average molecular weight is 223 g/mol. The fourth-order valence-corrected chi connectivity index (χ4v) is 1.55. The first-order valence-electron chi connectivity index (χ1n) is 5.84. The fourth-order valence-electron chi connectivity index (χ4n) is 1.55. The van der Waals surface area contributed by atoms with Crippen LogP contribution in [0.1, 0.15) is 31.7 Å². The molecule has 0 aliphatic heterocycles. The number of rotatable bonds is 6. The van der Waals surface area contributed by atoms with Gasteiger partial charge in [-0.15, -0.1) is 0 Å². The van der Waals surface area contributed by atoms with Crippen LogP contribution in [-0.4, -0.2) is 22.9 Å². The number of hydrogen-bond acceptors (Lipinski definition) is 3. The maximum atomic E-state index is 11.5. The SMILES string of the molecule is CNC(C)CCCCn1ncc(C)cc1=O. The molecule has 4 heteroatoms. The normalized spacial score (nSPS) is 12.7. The minimum Gasteiger partial charge on any atom is -0.317 e. The molecular formula is C12H21N3O. The van der Waals surface area contributed by atoms with Crippen LogP contribution in [0.5, 0.6) is 0 Å². The predicted molar refractivity (Wildman–Crippen MR) is 65.6 cm³/mol. The van der Waals surface area contributed by atoms with Gasteiger partial charge in [-0.3, -0.25) is 4.79 Å². The highest BCUT2D eigenvalue weighted by atomic mass is 16.1. The number of nitrogens with one attached hydrogen (secondary N) is 1. The standard InChI is InChI=1S/C12H21N3O/c1-10-8-12(16)15(14-9-10)7-5-4-6-11(2)13-3/h8-9,11,13H,4-7H2,1-3H3. The van der Waals surface area contributed by atoms with Gasteiger partial charge in [-0.05, 0) is 39.3 Å². The van der Waals surface area contributed by atoms with Crippen LogP contribution in [0.25, 0.3) is 0 Å². The van der Waals surface area contributed by atoms with Crippen LogP contribution in [0.15, 0.2) is 17.1 Å². The Morgan fingerprint density at radius 3 is 2.88 bits per heavy atom. The van der Waals surface area contributed by atoms with Crippen molar-refractivity contribution in [3.8, 4) is 0 Å². The molecule has 0 radical (unpaired) electrons.